The van der Waals surface area contributed by atoms with Gasteiger partial charge in [0.1, 0.15) is 5.82 Å². The average Bonchev–Trinajstić information content (AvgIpc) is 3.55. The molecule has 10 heteroatoms. The maximum Gasteiger partial charge on any atom is 0.321 e. The molecule has 1 saturated carbocycles. The summed E-state index contributed by atoms with van der Waals surface area (Å²) < 4.78 is 7.34. The number of morpholine rings is 1. The molecule has 1 aromatic carbocycles. The van der Waals surface area contributed by atoms with E-state index in [9.17, 15) is 9.59 Å². The van der Waals surface area contributed by atoms with Crippen molar-refractivity contribution in [1.82, 2.24) is 24.2 Å². The van der Waals surface area contributed by atoms with E-state index in [1.165, 1.54) is 25.7 Å². The van der Waals surface area contributed by atoms with Gasteiger partial charge in [0.05, 0.1) is 24.5 Å². The largest absolute Gasteiger partial charge is 0.378 e. The summed E-state index contributed by atoms with van der Waals surface area (Å²) in [6.45, 7) is 6.04. The molecule has 2 saturated heterocycles. The molecule has 7 rings (SSSR count). The molecule has 3 aliphatic rings. The summed E-state index contributed by atoms with van der Waals surface area (Å²) in [7, 11) is 0. The number of piperidine rings is 1. The highest BCUT2D eigenvalue weighted by Gasteiger charge is 2.33. The van der Waals surface area contributed by atoms with E-state index in [0.717, 1.165) is 59.1 Å². The lowest BCUT2D eigenvalue weighted by Crippen LogP contribution is -2.46. The molecule has 4 aromatic rings. The Morgan fingerprint density at radius 1 is 0.932 bits per heavy atom. The number of rotatable bonds is 5. The number of nitrogens with one attached hydrogen (secondary N) is 2. The van der Waals surface area contributed by atoms with Crippen LogP contribution < -0.4 is 10.6 Å². The van der Waals surface area contributed by atoms with Crippen LogP contribution in [0.3, 0.4) is 0 Å². The Bertz CT molecular complexity index is 1660. The van der Waals surface area contributed by atoms with E-state index in [4.69, 9.17) is 4.74 Å². The molecule has 0 spiro atoms. The molecule has 0 unspecified atom stereocenters. The summed E-state index contributed by atoms with van der Waals surface area (Å²) in [6.07, 6.45) is 13.6. The van der Waals surface area contributed by atoms with E-state index < -0.39 is 0 Å². The van der Waals surface area contributed by atoms with E-state index in [2.05, 4.69) is 39.7 Å². The summed E-state index contributed by atoms with van der Waals surface area (Å²) in [5.41, 5.74) is 5.92. The van der Waals surface area contributed by atoms with Crippen LogP contribution in [0.2, 0.25) is 0 Å². The van der Waals surface area contributed by atoms with Gasteiger partial charge < -0.3 is 29.6 Å². The zero-order chi connectivity index (χ0) is 30.0. The van der Waals surface area contributed by atoms with Gasteiger partial charge in [-0.1, -0.05) is 31.4 Å². The van der Waals surface area contributed by atoms with Crippen molar-refractivity contribution in [2.45, 2.75) is 39.0 Å². The second kappa shape index (κ2) is 12.3. The maximum absolute atomic E-state index is 13.4. The molecule has 228 valence electrons. The third-order valence-corrected chi connectivity index (χ3v) is 9.52. The molecule has 3 aromatic heterocycles. The number of anilines is 3. The Kier molecular flexibility index (Phi) is 7.91. The minimum atomic E-state index is -0.0362. The number of aromatic nitrogens is 3. The number of ether oxygens (including phenoxy) is 1. The molecular weight excluding hydrogens is 554 g/mol. The molecule has 0 radical (unpaired) electrons. The third kappa shape index (κ3) is 5.74. The van der Waals surface area contributed by atoms with Gasteiger partial charge in [-0.3, -0.25) is 4.79 Å². The van der Waals surface area contributed by atoms with Gasteiger partial charge in [0, 0.05) is 62.2 Å². The van der Waals surface area contributed by atoms with Crippen molar-refractivity contribution in [1.29, 1.82) is 0 Å². The summed E-state index contributed by atoms with van der Waals surface area (Å²) >= 11 is 0. The second-order valence-corrected chi connectivity index (χ2v) is 12.2. The predicted molar refractivity (Wildman–Crippen MR) is 170 cm³/mol. The first-order valence-corrected chi connectivity index (χ1v) is 15.8. The zero-order valence-electron chi connectivity index (χ0n) is 25.2. The Balaban J connectivity index is 1.10. The van der Waals surface area contributed by atoms with Crippen LogP contribution in [0.15, 0.2) is 61.2 Å². The molecule has 44 heavy (non-hydrogen) atoms. The van der Waals surface area contributed by atoms with E-state index in [1.54, 1.807) is 23.4 Å². The van der Waals surface area contributed by atoms with Crippen LogP contribution in [0.4, 0.5) is 22.0 Å². The van der Waals surface area contributed by atoms with Gasteiger partial charge in [-0.2, -0.15) is 0 Å². The number of likely N-dealkylation sites (tertiary alicyclic amines) is 1. The van der Waals surface area contributed by atoms with Gasteiger partial charge in [0.25, 0.3) is 5.91 Å². The fourth-order valence-corrected chi connectivity index (χ4v) is 7.02. The number of fused-ring (bicyclic) bond motifs is 2. The van der Waals surface area contributed by atoms with Crippen LogP contribution in [0.25, 0.3) is 16.8 Å². The number of benzene rings is 1. The maximum atomic E-state index is 13.4. The summed E-state index contributed by atoms with van der Waals surface area (Å²) in [5, 5.41) is 6.62. The topological polar surface area (TPSA) is 104 Å². The number of hydrogen-bond acceptors (Lipinski definition) is 6. The Morgan fingerprint density at radius 2 is 1.77 bits per heavy atom. The minimum absolute atomic E-state index is 0.0108. The first-order chi connectivity index (χ1) is 21.5. The normalized spacial score (nSPS) is 20.3. The predicted octanol–water partition coefficient (Wildman–Crippen LogP) is 5.96. The zero-order valence-corrected chi connectivity index (χ0v) is 25.2. The van der Waals surface area contributed by atoms with Crippen molar-refractivity contribution in [3.05, 3.63) is 72.3 Å². The summed E-state index contributed by atoms with van der Waals surface area (Å²) in [6, 6.07) is 11.7. The van der Waals surface area contributed by atoms with Crippen molar-refractivity contribution in [2.75, 3.05) is 50.0 Å². The average molecular weight is 594 g/mol. The van der Waals surface area contributed by atoms with Crippen LogP contribution in [0.1, 0.15) is 48.0 Å². The van der Waals surface area contributed by atoms with Crippen LogP contribution in [0, 0.1) is 18.8 Å². The van der Waals surface area contributed by atoms with Crippen molar-refractivity contribution >= 4 is 34.8 Å². The first kappa shape index (κ1) is 28.3. The SMILES string of the molecule is Cc1c(NC(=O)N2CC[C@H]3CCCC[C@@H]3C2)cccc1-c1cc(Nc2ccc(C(=O)N3CCOCC3)cn2)c2nccn2c1. The second-order valence-electron chi connectivity index (χ2n) is 12.2. The van der Waals surface area contributed by atoms with Gasteiger partial charge in [0.15, 0.2) is 5.65 Å². The van der Waals surface area contributed by atoms with Crippen LogP contribution >= 0.6 is 0 Å². The number of urea groups is 1. The highest BCUT2D eigenvalue weighted by molar-refractivity contribution is 5.94. The Hall–Kier alpha value is -4.44. The molecule has 2 aliphatic heterocycles. The monoisotopic (exact) mass is 593 g/mol. The number of carbonyl (C=O) groups excluding carboxylic acids is 2. The molecule has 1 aliphatic carbocycles. The fourth-order valence-electron chi connectivity index (χ4n) is 7.02. The van der Waals surface area contributed by atoms with Crippen molar-refractivity contribution < 1.29 is 14.3 Å². The molecule has 2 N–H and O–H groups in total. The van der Waals surface area contributed by atoms with Gasteiger partial charge in [-0.25, -0.2) is 14.8 Å². The van der Waals surface area contributed by atoms with Crippen LogP contribution in [-0.2, 0) is 4.74 Å². The summed E-state index contributed by atoms with van der Waals surface area (Å²) in [5.74, 6) is 2.00. The molecule has 2 atom stereocenters. The number of nitrogens with zero attached hydrogens (tertiary/aromatic N) is 5. The Labute approximate surface area is 257 Å². The lowest BCUT2D eigenvalue weighted by Gasteiger charge is -2.41. The highest BCUT2D eigenvalue weighted by atomic mass is 16.5. The Morgan fingerprint density at radius 3 is 2.59 bits per heavy atom. The van der Waals surface area contributed by atoms with E-state index in [1.807, 2.05) is 39.9 Å². The van der Waals surface area contributed by atoms with Gasteiger partial charge in [0.2, 0.25) is 0 Å². The number of amides is 3. The van der Waals surface area contributed by atoms with Crippen LogP contribution in [-0.4, -0.2) is 75.5 Å². The van der Waals surface area contributed by atoms with Gasteiger partial charge >= 0.3 is 6.03 Å². The molecule has 3 amide bonds. The van der Waals surface area contributed by atoms with Crippen molar-refractivity contribution in [2.24, 2.45) is 11.8 Å². The van der Waals surface area contributed by atoms with E-state index >= 15 is 0 Å². The standard InChI is InChI=1S/C34H39N7O3/c1-23-28(7-4-8-29(23)38-34(43)41-13-11-24-5-2-3-6-26(24)21-41)27-19-30(32-35-12-14-40(32)22-27)37-31-10-9-25(20-36-31)33(42)39-15-17-44-18-16-39/h4,7-10,12,14,19-20,22,24,26H,2-3,5-6,11,13,15-18,21H2,1H3,(H,36,37)(H,38,43)/t24-,26-/m1/s1. The lowest BCUT2D eigenvalue weighted by atomic mass is 9.75. The van der Waals surface area contributed by atoms with Crippen molar-refractivity contribution in [3.8, 4) is 11.1 Å². The first-order valence-electron chi connectivity index (χ1n) is 15.8. The third-order valence-electron chi connectivity index (χ3n) is 9.52. The molecule has 0 bridgehead atoms. The lowest BCUT2D eigenvalue weighted by molar-refractivity contribution is 0.0302. The summed E-state index contributed by atoms with van der Waals surface area (Å²) in [4.78, 5) is 39.1. The van der Waals surface area contributed by atoms with Crippen LogP contribution in [0.5, 0.6) is 0 Å². The highest BCUT2D eigenvalue weighted by Crippen LogP contribution is 2.37. The van der Waals surface area contributed by atoms with Gasteiger partial charge in [-0.15, -0.1) is 0 Å². The fraction of sp³-hybridized carbons (Fsp3) is 0.412. The van der Waals surface area contributed by atoms with E-state index in [0.29, 0.717) is 43.6 Å². The number of hydrogen-bond donors (Lipinski definition) is 2. The quantitative estimate of drug-likeness (QED) is 0.296. The van der Waals surface area contributed by atoms with Crippen molar-refractivity contribution in [3.63, 3.8) is 0 Å². The minimum Gasteiger partial charge on any atom is -0.378 e. The number of pyridine rings is 2. The number of imidazole rings is 1. The molecule has 10 nitrogen and oxygen atoms in total. The van der Waals surface area contributed by atoms with E-state index in [-0.39, 0.29) is 11.9 Å². The molecule has 5 heterocycles. The molecular formula is C34H39N7O3. The smallest absolute Gasteiger partial charge is 0.321 e. The van der Waals surface area contributed by atoms with Gasteiger partial charge in [-0.05, 0) is 67.0 Å². The number of carbonyl (C=O) groups is 2. The molecule has 3 fully saturated rings.